The SMILES string of the molecule is O=C(O)c1cccc([N+](=O)[O-])c1OCCc1cccs1. The van der Waals surface area contributed by atoms with Gasteiger partial charge in [0.25, 0.3) is 0 Å². The average molecular weight is 293 g/mol. The summed E-state index contributed by atoms with van der Waals surface area (Å²) in [4.78, 5) is 22.4. The summed E-state index contributed by atoms with van der Waals surface area (Å²) in [6.45, 7) is 0.186. The van der Waals surface area contributed by atoms with Gasteiger partial charge in [0.05, 0.1) is 11.5 Å². The number of rotatable bonds is 6. The first-order chi connectivity index (χ1) is 9.59. The Morgan fingerprint density at radius 2 is 2.15 bits per heavy atom. The highest BCUT2D eigenvalue weighted by atomic mass is 32.1. The number of hydrogen-bond donors (Lipinski definition) is 1. The Kier molecular flexibility index (Phi) is 4.31. The van der Waals surface area contributed by atoms with Crippen molar-refractivity contribution in [2.24, 2.45) is 0 Å². The van der Waals surface area contributed by atoms with E-state index in [1.54, 1.807) is 11.3 Å². The van der Waals surface area contributed by atoms with Gasteiger partial charge in [-0.15, -0.1) is 11.3 Å². The molecule has 2 aromatic rings. The second-order valence-electron chi connectivity index (χ2n) is 3.89. The topological polar surface area (TPSA) is 89.7 Å². The summed E-state index contributed by atoms with van der Waals surface area (Å²) in [6, 6.07) is 7.66. The second-order valence-corrected chi connectivity index (χ2v) is 4.93. The van der Waals surface area contributed by atoms with E-state index in [-0.39, 0.29) is 23.6 Å². The summed E-state index contributed by atoms with van der Waals surface area (Å²) >= 11 is 1.55. The summed E-state index contributed by atoms with van der Waals surface area (Å²) in [6.07, 6.45) is 0.572. The minimum absolute atomic E-state index is 0.186. The fourth-order valence-electron chi connectivity index (χ4n) is 1.70. The second kappa shape index (κ2) is 6.16. The number of carbonyl (C=O) groups is 1. The van der Waals surface area contributed by atoms with Gasteiger partial charge in [0.2, 0.25) is 5.75 Å². The lowest BCUT2D eigenvalue weighted by molar-refractivity contribution is -0.385. The largest absolute Gasteiger partial charge is 0.486 e. The van der Waals surface area contributed by atoms with Crippen molar-refractivity contribution in [3.63, 3.8) is 0 Å². The van der Waals surface area contributed by atoms with Gasteiger partial charge in [-0.05, 0) is 17.5 Å². The van der Waals surface area contributed by atoms with Crippen LogP contribution in [0.3, 0.4) is 0 Å². The Balaban J connectivity index is 2.19. The number of carboxylic acid groups (broad SMARTS) is 1. The number of ether oxygens (including phenoxy) is 1. The molecule has 0 aliphatic rings. The molecule has 1 heterocycles. The lowest BCUT2D eigenvalue weighted by atomic mass is 10.1. The van der Waals surface area contributed by atoms with Crippen LogP contribution in [0.1, 0.15) is 15.2 Å². The van der Waals surface area contributed by atoms with Crippen molar-refractivity contribution in [2.45, 2.75) is 6.42 Å². The zero-order valence-corrected chi connectivity index (χ0v) is 11.1. The number of thiophene rings is 1. The van der Waals surface area contributed by atoms with Crippen molar-refractivity contribution in [1.29, 1.82) is 0 Å². The van der Waals surface area contributed by atoms with E-state index in [0.717, 1.165) is 4.88 Å². The maximum atomic E-state index is 11.1. The van der Waals surface area contributed by atoms with E-state index in [9.17, 15) is 14.9 Å². The van der Waals surface area contributed by atoms with E-state index in [1.807, 2.05) is 17.5 Å². The molecule has 1 aromatic heterocycles. The highest BCUT2D eigenvalue weighted by Crippen LogP contribution is 2.31. The van der Waals surface area contributed by atoms with E-state index in [4.69, 9.17) is 9.84 Å². The molecule has 0 fully saturated rings. The third-order valence-electron chi connectivity index (χ3n) is 2.60. The van der Waals surface area contributed by atoms with Gasteiger partial charge in [-0.1, -0.05) is 12.1 Å². The number of benzene rings is 1. The molecular weight excluding hydrogens is 282 g/mol. The first-order valence-electron chi connectivity index (χ1n) is 5.75. The Morgan fingerprint density at radius 3 is 2.75 bits per heavy atom. The van der Waals surface area contributed by atoms with Crippen LogP contribution in [-0.4, -0.2) is 22.6 Å². The number of nitrogens with zero attached hydrogens (tertiary/aromatic N) is 1. The van der Waals surface area contributed by atoms with Crippen LogP contribution in [-0.2, 0) is 6.42 Å². The zero-order chi connectivity index (χ0) is 14.5. The van der Waals surface area contributed by atoms with Crippen LogP contribution in [0.2, 0.25) is 0 Å². The van der Waals surface area contributed by atoms with E-state index in [0.29, 0.717) is 6.42 Å². The van der Waals surface area contributed by atoms with Crippen LogP contribution in [0.4, 0.5) is 5.69 Å². The van der Waals surface area contributed by atoms with E-state index >= 15 is 0 Å². The third kappa shape index (κ3) is 3.12. The lowest BCUT2D eigenvalue weighted by Crippen LogP contribution is -2.08. The first-order valence-corrected chi connectivity index (χ1v) is 6.63. The van der Waals surface area contributed by atoms with Gasteiger partial charge in [-0.2, -0.15) is 0 Å². The summed E-state index contributed by atoms with van der Waals surface area (Å²) in [7, 11) is 0. The highest BCUT2D eigenvalue weighted by molar-refractivity contribution is 7.09. The number of nitro benzene ring substituents is 1. The van der Waals surface area contributed by atoms with Gasteiger partial charge in [-0.25, -0.2) is 4.79 Å². The van der Waals surface area contributed by atoms with Gasteiger partial charge < -0.3 is 9.84 Å². The van der Waals surface area contributed by atoms with Crippen molar-refractivity contribution in [3.05, 3.63) is 56.3 Å². The predicted octanol–water partition coefficient (Wildman–Crippen LogP) is 2.98. The molecule has 0 amide bonds. The standard InChI is InChI=1S/C13H11NO5S/c15-13(16)10-4-1-5-11(14(17)18)12(10)19-7-6-9-3-2-8-20-9/h1-5,8H,6-7H2,(H,15,16). The molecule has 0 unspecified atom stereocenters. The van der Waals surface area contributed by atoms with Crippen molar-refractivity contribution >= 4 is 23.0 Å². The Morgan fingerprint density at radius 1 is 1.35 bits per heavy atom. The van der Waals surface area contributed by atoms with Crippen LogP contribution in [0, 0.1) is 10.1 Å². The number of para-hydroxylation sites is 1. The summed E-state index contributed by atoms with van der Waals surface area (Å²) in [5.74, 6) is -1.44. The number of aromatic carboxylic acids is 1. The van der Waals surface area contributed by atoms with Crippen LogP contribution >= 0.6 is 11.3 Å². The Bertz CT molecular complexity index is 591. The normalized spacial score (nSPS) is 10.2. The molecule has 0 atom stereocenters. The monoisotopic (exact) mass is 293 g/mol. The van der Waals surface area contributed by atoms with Gasteiger partial charge in [0, 0.05) is 17.4 Å². The van der Waals surface area contributed by atoms with Gasteiger partial charge in [-0.3, -0.25) is 10.1 Å². The van der Waals surface area contributed by atoms with Crippen molar-refractivity contribution in [3.8, 4) is 5.75 Å². The van der Waals surface area contributed by atoms with Crippen molar-refractivity contribution in [2.75, 3.05) is 6.61 Å². The van der Waals surface area contributed by atoms with Crippen molar-refractivity contribution in [1.82, 2.24) is 0 Å². The molecule has 104 valence electrons. The van der Waals surface area contributed by atoms with Gasteiger partial charge >= 0.3 is 11.7 Å². The molecular formula is C13H11NO5S. The van der Waals surface area contributed by atoms with Gasteiger partial charge in [0.15, 0.2) is 0 Å². The maximum Gasteiger partial charge on any atom is 0.339 e. The van der Waals surface area contributed by atoms with Crippen LogP contribution in [0.15, 0.2) is 35.7 Å². The minimum Gasteiger partial charge on any atom is -0.486 e. The fraction of sp³-hybridized carbons (Fsp3) is 0.154. The molecule has 7 heteroatoms. The Hall–Kier alpha value is -2.41. The quantitative estimate of drug-likeness (QED) is 0.653. The summed E-state index contributed by atoms with van der Waals surface area (Å²) < 4.78 is 5.35. The molecule has 2 rings (SSSR count). The van der Waals surface area contributed by atoms with E-state index in [2.05, 4.69) is 0 Å². The molecule has 1 N–H and O–H groups in total. The smallest absolute Gasteiger partial charge is 0.339 e. The van der Waals surface area contributed by atoms with Crippen molar-refractivity contribution < 1.29 is 19.6 Å². The van der Waals surface area contributed by atoms with Crippen LogP contribution in [0.5, 0.6) is 5.75 Å². The number of carboxylic acids is 1. The van der Waals surface area contributed by atoms with Crippen LogP contribution < -0.4 is 4.74 Å². The predicted molar refractivity (Wildman–Crippen MR) is 73.6 cm³/mol. The summed E-state index contributed by atoms with van der Waals surface area (Å²) in [5.41, 5.74) is -0.540. The molecule has 0 spiro atoms. The first kappa shape index (κ1) is 14.0. The minimum atomic E-state index is -1.25. The lowest BCUT2D eigenvalue weighted by Gasteiger charge is -2.08. The molecule has 1 aromatic carbocycles. The molecule has 0 saturated heterocycles. The summed E-state index contributed by atoms with van der Waals surface area (Å²) in [5, 5.41) is 21.9. The Labute approximate surface area is 118 Å². The highest BCUT2D eigenvalue weighted by Gasteiger charge is 2.22. The molecule has 0 aliphatic heterocycles. The molecule has 0 aliphatic carbocycles. The van der Waals surface area contributed by atoms with Gasteiger partial charge in [0.1, 0.15) is 5.56 Å². The third-order valence-corrected chi connectivity index (χ3v) is 3.53. The maximum absolute atomic E-state index is 11.1. The molecule has 20 heavy (non-hydrogen) atoms. The zero-order valence-electron chi connectivity index (χ0n) is 10.3. The number of nitro groups is 1. The molecule has 0 radical (unpaired) electrons. The fourth-order valence-corrected chi connectivity index (χ4v) is 2.39. The molecule has 6 nitrogen and oxygen atoms in total. The average Bonchev–Trinajstić information content (AvgIpc) is 2.91. The molecule has 0 saturated carbocycles. The van der Waals surface area contributed by atoms with E-state index in [1.165, 1.54) is 18.2 Å². The van der Waals surface area contributed by atoms with Crippen LogP contribution in [0.25, 0.3) is 0 Å². The number of hydrogen-bond acceptors (Lipinski definition) is 5. The van der Waals surface area contributed by atoms with E-state index < -0.39 is 10.9 Å². The molecule has 0 bridgehead atoms.